The molecule has 0 amide bonds. The van der Waals surface area contributed by atoms with Gasteiger partial charge in [0.05, 0.1) is 0 Å². The monoisotopic (exact) mass is 251 g/mol. The Morgan fingerprint density at radius 2 is 1.89 bits per heavy atom. The molecule has 0 saturated carbocycles. The van der Waals surface area contributed by atoms with Crippen LogP contribution in [0.15, 0.2) is 18.2 Å². The van der Waals surface area contributed by atoms with E-state index < -0.39 is 0 Å². The second-order valence-corrected chi connectivity index (χ2v) is 4.49. The molecule has 0 aliphatic heterocycles. The van der Waals surface area contributed by atoms with Crippen LogP contribution < -0.4 is 5.73 Å². The van der Waals surface area contributed by atoms with E-state index in [4.69, 9.17) is 11.1 Å². The highest BCUT2D eigenvalue weighted by Gasteiger charge is 2.10. The number of rotatable bonds is 7. The lowest BCUT2D eigenvalue weighted by atomic mass is 10.1. The molecule has 100 valence electrons. The molecule has 0 saturated heterocycles. The summed E-state index contributed by atoms with van der Waals surface area (Å²) in [4.78, 5) is 2.31. The lowest BCUT2D eigenvalue weighted by Gasteiger charge is -2.22. The van der Waals surface area contributed by atoms with Gasteiger partial charge in [0.2, 0.25) is 0 Å². The summed E-state index contributed by atoms with van der Waals surface area (Å²) in [6, 6.07) is 4.50. The Balaban J connectivity index is 2.90. The van der Waals surface area contributed by atoms with Crippen molar-refractivity contribution in [2.24, 2.45) is 5.73 Å². The van der Waals surface area contributed by atoms with Gasteiger partial charge in [0.25, 0.3) is 0 Å². The molecule has 1 rings (SSSR count). The Kier molecular flexibility index (Phi) is 5.78. The number of nitrogens with two attached hydrogens (primary N) is 1. The molecule has 0 aromatic heterocycles. The molecule has 1 aromatic carbocycles. The van der Waals surface area contributed by atoms with E-state index in [1.807, 2.05) is 0 Å². The number of hydrogen-bond donors (Lipinski definition) is 2. The summed E-state index contributed by atoms with van der Waals surface area (Å²) in [6.07, 6.45) is 2.16. The molecule has 1 aromatic rings. The Labute approximate surface area is 108 Å². The SMILES string of the molecule is CCCN(CCC)Cc1ccc(F)cc1C(=N)N. The van der Waals surface area contributed by atoms with Crippen LogP contribution in [0.1, 0.15) is 37.8 Å². The number of halogens is 1. The summed E-state index contributed by atoms with van der Waals surface area (Å²) in [5, 5.41) is 7.51. The second-order valence-electron chi connectivity index (χ2n) is 4.49. The summed E-state index contributed by atoms with van der Waals surface area (Å²) in [5.41, 5.74) is 6.93. The van der Waals surface area contributed by atoms with Crippen LogP contribution >= 0.6 is 0 Å². The highest BCUT2D eigenvalue weighted by molar-refractivity contribution is 5.96. The number of nitrogen functional groups attached to an aromatic ring is 1. The first kappa shape index (κ1) is 14.6. The number of hydrogen-bond acceptors (Lipinski definition) is 2. The highest BCUT2D eigenvalue weighted by atomic mass is 19.1. The maximum Gasteiger partial charge on any atom is 0.123 e. The van der Waals surface area contributed by atoms with Crippen LogP contribution in [-0.2, 0) is 6.54 Å². The smallest absolute Gasteiger partial charge is 0.123 e. The van der Waals surface area contributed by atoms with E-state index in [-0.39, 0.29) is 11.7 Å². The van der Waals surface area contributed by atoms with Crippen molar-refractivity contribution >= 4 is 5.84 Å². The van der Waals surface area contributed by atoms with Crippen LogP contribution in [0.25, 0.3) is 0 Å². The summed E-state index contributed by atoms with van der Waals surface area (Å²) < 4.78 is 13.2. The minimum atomic E-state index is -0.346. The molecule has 0 fully saturated rings. The van der Waals surface area contributed by atoms with Crippen molar-refractivity contribution in [2.45, 2.75) is 33.2 Å². The fraction of sp³-hybridized carbons (Fsp3) is 0.500. The minimum absolute atomic E-state index is 0.0718. The second kappa shape index (κ2) is 7.11. The van der Waals surface area contributed by atoms with E-state index in [2.05, 4.69) is 18.7 Å². The van der Waals surface area contributed by atoms with E-state index in [1.54, 1.807) is 6.07 Å². The van der Waals surface area contributed by atoms with Crippen LogP contribution in [-0.4, -0.2) is 23.8 Å². The molecule has 0 unspecified atom stereocenters. The molecule has 0 heterocycles. The van der Waals surface area contributed by atoms with Gasteiger partial charge in [-0.1, -0.05) is 19.9 Å². The van der Waals surface area contributed by atoms with Gasteiger partial charge < -0.3 is 5.73 Å². The molecule has 0 bridgehead atoms. The normalized spacial score (nSPS) is 10.9. The van der Waals surface area contributed by atoms with Gasteiger partial charge in [-0.2, -0.15) is 0 Å². The Bertz CT molecular complexity index is 398. The average Bonchev–Trinajstić information content (AvgIpc) is 2.32. The minimum Gasteiger partial charge on any atom is -0.384 e. The fourth-order valence-electron chi connectivity index (χ4n) is 2.08. The fourth-order valence-corrected chi connectivity index (χ4v) is 2.08. The molecule has 0 aliphatic rings. The molecular weight excluding hydrogens is 229 g/mol. The number of nitrogens with zero attached hydrogens (tertiary/aromatic N) is 1. The van der Waals surface area contributed by atoms with Gasteiger partial charge in [0, 0.05) is 12.1 Å². The van der Waals surface area contributed by atoms with Gasteiger partial charge in [0.1, 0.15) is 11.7 Å². The average molecular weight is 251 g/mol. The van der Waals surface area contributed by atoms with Crippen molar-refractivity contribution in [3.8, 4) is 0 Å². The predicted molar refractivity (Wildman–Crippen MR) is 73.3 cm³/mol. The summed E-state index contributed by atoms with van der Waals surface area (Å²) in [6.45, 7) is 7.00. The first-order chi connectivity index (χ1) is 8.58. The number of benzene rings is 1. The molecule has 3 N–H and O–H groups in total. The standard InChI is InChI=1S/C14H22FN3/c1-3-7-18(8-4-2)10-11-5-6-12(15)9-13(11)14(16)17/h5-6,9H,3-4,7-8,10H2,1-2H3,(H3,16,17). The number of amidine groups is 1. The van der Waals surface area contributed by atoms with Crippen LogP contribution in [0.4, 0.5) is 4.39 Å². The third-order valence-electron chi connectivity index (χ3n) is 2.84. The molecular formula is C14H22FN3. The van der Waals surface area contributed by atoms with Gasteiger partial charge in [-0.15, -0.1) is 0 Å². The van der Waals surface area contributed by atoms with E-state index in [9.17, 15) is 4.39 Å². The first-order valence-electron chi connectivity index (χ1n) is 6.43. The molecule has 0 atom stereocenters. The molecule has 4 heteroatoms. The van der Waals surface area contributed by atoms with Gasteiger partial charge in [0.15, 0.2) is 0 Å². The molecule has 18 heavy (non-hydrogen) atoms. The summed E-state index contributed by atoms with van der Waals surface area (Å²) >= 11 is 0. The first-order valence-corrected chi connectivity index (χ1v) is 6.43. The third-order valence-corrected chi connectivity index (χ3v) is 2.84. The Hall–Kier alpha value is -1.42. The van der Waals surface area contributed by atoms with E-state index >= 15 is 0 Å². The summed E-state index contributed by atoms with van der Waals surface area (Å²) in [7, 11) is 0. The van der Waals surface area contributed by atoms with Crippen LogP contribution in [0.2, 0.25) is 0 Å². The lowest BCUT2D eigenvalue weighted by molar-refractivity contribution is 0.266. The van der Waals surface area contributed by atoms with Crippen molar-refractivity contribution in [3.05, 3.63) is 35.1 Å². The maximum absolute atomic E-state index is 13.2. The van der Waals surface area contributed by atoms with E-state index in [0.717, 1.165) is 38.0 Å². The molecule has 3 nitrogen and oxygen atoms in total. The van der Waals surface area contributed by atoms with E-state index in [1.165, 1.54) is 12.1 Å². The van der Waals surface area contributed by atoms with Crippen LogP contribution in [0.5, 0.6) is 0 Å². The molecule has 0 spiro atoms. The van der Waals surface area contributed by atoms with Gasteiger partial charge in [-0.25, -0.2) is 4.39 Å². The van der Waals surface area contributed by atoms with Crippen molar-refractivity contribution in [3.63, 3.8) is 0 Å². The van der Waals surface area contributed by atoms with Crippen molar-refractivity contribution < 1.29 is 4.39 Å². The lowest BCUT2D eigenvalue weighted by Crippen LogP contribution is -2.26. The third kappa shape index (κ3) is 4.11. The van der Waals surface area contributed by atoms with Gasteiger partial charge in [-0.05, 0) is 43.6 Å². The van der Waals surface area contributed by atoms with Crippen molar-refractivity contribution in [2.75, 3.05) is 13.1 Å². The zero-order chi connectivity index (χ0) is 13.5. The predicted octanol–water partition coefficient (Wildman–Crippen LogP) is 2.73. The van der Waals surface area contributed by atoms with Gasteiger partial charge in [-0.3, -0.25) is 10.3 Å². The van der Waals surface area contributed by atoms with E-state index in [0.29, 0.717) is 5.56 Å². The topological polar surface area (TPSA) is 53.1 Å². The van der Waals surface area contributed by atoms with Crippen LogP contribution in [0, 0.1) is 11.2 Å². The largest absolute Gasteiger partial charge is 0.384 e. The van der Waals surface area contributed by atoms with Crippen LogP contribution in [0.3, 0.4) is 0 Å². The molecule has 0 radical (unpaired) electrons. The highest BCUT2D eigenvalue weighted by Crippen LogP contribution is 2.14. The molecule has 0 aliphatic carbocycles. The zero-order valence-corrected chi connectivity index (χ0v) is 11.2. The quantitative estimate of drug-likeness (QED) is 0.578. The Morgan fingerprint density at radius 3 is 2.39 bits per heavy atom. The summed E-state index contributed by atoms with van der Waals surface area (Å²) in [5.74, 6) is -0.418. The van der Waals surface area contributed by atoms with Crippen molar-refractivity contribution in [1.82, 2.24) is 4.90 Å². The van der Waals surface area contributed by atoms with Gasteiger partial charge >= 0.3 is 0 Å². The zero-order valence-electron chi connectivity index (χ0n) is 11.2. The van der Waals surface area contributed by atoms with Crippen molar-refractivity contribution in [1.29, 1.82) is 5.41 Å². The number of nitrogens with one attached hydrogen (secondary N) is 1. The Morgan fingerprint density at radius 1 is 1.28 bits per heavy atom. The maximum atomic E-state index is 13.2.